The fraction of sp³-hybridized carbons (Fsp3) is 0.267. The van der Waals surface area contributed by atoms with Crippen molar-refractivity contribution in [2.24, 2.45) is 5.92 Å². The molecule has 3 aromatic heterocycles. The van der Waals surface area contributed by atoms with Crippen molar-refractivity contribution < 1.29 is 4.42 Å². The molecule has 2 aromatic carbocycles. The standard InChI is InChI=1S/C30H30N2O/c1-19(2)12-23-18-33-29-25(16-31-17-26(23)29)21-10-11-32-28(15-21)22-13-20-8-6-7-9-24(20)27(14-22)30(3,4)5/h6-11,13-19H,12H2,1-5H3. The highest BCUT2D eigenvalue weighted by Gasteiger charge is 2.19. The second kappa shape index (κ2) is 8.15. The average molecular weight is 435 g/mol. The lowest BCUT2D eigenvalue weighted by atomic mass is 9.82. The monoisotopic (exact) mass is 434 g/mol. The van der Waals surface area contributed by atoms with Crippen LogP contribution >= 0.6 is 0 Å². The summed E-state index contributed by atoms with van der Waals surface area (Å²) in [5.74, 6) is 0.562. The van der Waals surface area contributed by atoms with Gasteiger partial charge < -0.3 is 4.42 Å². The topological polar surface area (TPSA) is 38.9 Å². The third-order valence-electron chi connectivity index (χ3n) is 6.23. The predicted octanol–water partition coefficient (Wildman–Crippen LogP) is 8.21. The summed E-state index contributed by atoms with van der Waals surface area (Å²) in [4.78, 5) is 9.28. The van der Waals surface area contributed by atoms with E-state index in [1.54, 1.807) is 0 Å². The van der Waals surface area contributed by atoms with Crippen molar-refractivity contribution in [3.05, 3.63) is 84.5 Å². The number of benzene rings is 2. The molecule has 0 saturated carbocycles. The summed E-state index contributed by atoms with van der Waals surface area (Å²) in [7, 11) is 0. The first-order valence-electron chi connectivity index (χ1n) is 11.7. The molecule has 0 radical (unpaired) electrons. The maximum absolute atomic E-state index is 6.04. The molecule has 0 aliphatic carbocycles. The minimum atomic E-state index is 0.0315. The quantitative estimate of drug-likeness (QED) is 0.286. The highest BCUT2D eigenvalue weighted by atomic mass is 16.3. The van der Waals surface area contributed by atoms with E-state index >= 15 is 0 Å². The summed E-state index contributed by atoms with van der Waals surface area (Å²) >= 11 is 0. The molecule has 0 N–H and O–H groups in total. The number of hydrogen-bond acceptors (Lipinski definition) is 3. The van der Waals surface area contributed by atoms with Gasteiger partial charge in [-0.25, -0.2) is 0 Å². The molecule has 33 heavy (non-hydrogen) atoms. The van der Waals surface area contributed by atoms with Gasteiger partial charge in [0.25, 0.3) is 0 Å². The van der Waals surface area contributed by atoms with Gasteiger partial charge in [-0.15, -0.1) is 0 Å². The molecule has 0 aliphatic heterocycles. The second-order valence-corrected chi connectivity index (χ2v) is 10.3. The minimum Gasteiger partial charge on any atom is -0.463 e. The number of furan rings is 1. The first kappa shape index (κ1) is 21.4. The molecule has 3 heteroatoms. The highest BCUT2D eigenvalue weighted by molar-refractivity contribution is 5.95. The Balaban J connectivity index is 1.64. The molecule has 0 amide bonds. The Morgan fingerprint density at radius 1 is 0.909 bits per heavy atom. The van der Waals surface area contributed by atoms with E-state index in [9.17, 15) is 0 Å². The van der Waals surface area contributed by atoms with Gasteiger partial charge in [0, 0.05) is 40.7 Å². The number of aromatic nitrogens is 2. The molecular formula is C30H30N2O. The van der Waals surface area contributed by atoms with Crippen LogP contribution in [0.2, 0.25) is 0 Å². The zero-order valence-electron chi connectivity index (χ0n) is 20.0. The molecule has 0 bridgehead atoms. The van der Waals surface area contributed by atoms with Gasteiger partial charge in [-0.1, -0.05) is 58.9 Å². The van der Waals surface area contributed by atoms with Crippen molar-refractivity contribution in [3.63, 3.8) is 0 Å². The summed E-state index contributed by atoms with van der Waals surface area (Å²) in [6.07, 6.45) is 8.56. The van der Waals surface area contributed by atoms with Gasteiger partial charge in [0.15, 0.2) is 0 Å². The van der Waals surface area contributed by atoms with Crippen LogP contribution in [0.25, 0.3) is 44.1 Å². The van der Waals surface area contributed by atoms with E-state index in [2.05, 4.69) is 82.1 Å². The number of rotatable bonds is 4. The molecule has 0 unspecified atom stereocenters. The lowest BCUT2D eigenvalue weighted by Crippen LogP contribution is -2.12. The van der Waals surface area contributed by atoms with Crippen molar-refractivity contribution >= 4 is 21.7 Å². The summed E-state index contributed by atoms with van der Waals surface area (Å²) in [5.41, 5.74) is 7.62. The fourth-order valence-corrected chi connectivity index (χ4v) is 4.64. The van der Waals surface area contributed by atoms with Gasteiger partial charge >= 0.3 is 0 Å². The van der Waals surface area contributed by atoms with E-state index in [-0.39, 0.29) is 5.41 Å². The highest BCUT2D eigenvalue weighted by Crippen LogP contribution is 2.36. The summed E-state index contributed by atoms with van der Waals surface area (Å²) in [6, 6.07) is 17.3. The van der Waals surface area contributed by atoms with E-state index in [0.717, 1.165) is 39.8 Å². The molecule has 3 nitrogen and oxygen atoms in total. The first-order chi connectivity index (χ1) is 15.8. The zero-order chi connectivity index (χ0) is 23.2. The number of pyridine rings is 2. The number of fused-ring (bicyclic) bond motifs is 2. The molecule has 3 heterocycles. The summed E-state index contributed by atoms with van der Waals surface area (Å²) < 4.78 is 6.04. The van der Waals surface area contributed by atoms with Crippen molar-refractivity contribution in [3.8, 4) is 22.4 Å². The Hall–Kier alpha value is -3.46. The SMILES string of the molecule is CC(C)Cc1coc2c(-c3ccnc(-c4cc(C(C)(C)C)c5ccccc5c4)c3)cncc12. The molecule has 0 atom stereocenters. The van der Waals surface area contributed by atoms with Crippen LogP contribution in [0, 0.1) is 5.92 Å². The van der Waals surface area contributed by atoms with Crippen LogP contribution in [-0.4, -0.2) is 9.97 Å². The van der Waals surface area contributed by atoms with Crippen molar-refractivity contribution in [2.75, 3.05) is 0 Å². The van der Waals surface area contributed by atoms with Crippen molar-refractivity contribution in [2.45, 2.75) is 46.5 Å². The smallest absolute Gasteiger partial charge is 0.145 e. The first-order valence-corrected chi connectivity index (χ1v) is 11.7. The molecule has 0 spiro atoms. The van der Waals surface area contributed by atoms with E-state index in [1.165, 1.54) is 21.9 Å². The molecule has 5 rings (SSSR count). The van der Waals surface area contributed by atoms with Crippen LogP contribution in [0.4, 0.5) is 0 Å². The molecule has 166 valence electrons. The van der Waals surface area contributed by atoms with Crippen LogP contribution in [0.1, 0.15) is 45.7 Å². The Kier molecular flexibility index (Phi) is 5.28. The molecule has 0 aliphatic rings. The molecule has 0 fully saturated rings. The molecular weight excluding hydrogens is 404 g/mol. The van der Waals surface area contributed by atoms with Gasteiger partial charge in [0.1, 0.15) is 5.58 Å². The van der Waals surface area contributed by atoms with Crippen LogP contribution in [0.3, 0.4) is 0 Å². The second-order valence-electron chi connectivity index (χ2n) is 10.3. The Morgan fingerprint density at radius 2 is 1.73 bits per heavy atom. The molecule has 0 saturated heterocycles. The fourth-order valence-electron chi connectivity index (χ4n) is 4.64. The number of hydrogen-bond donors (Lipinski definition) is 0. The van der Waals surface area contributed by atoms with Crippen LogP contribution in [0.5, 0.6) is 0 Å². The van der Waals surface area contributed by atoms with E-state index in [0.29, 0.717) is 5.92 Å². The maximum Gasteiger partial charge on any atom is 0.145 e. The Bertz CT molecular complexity index is 1450. The van der Waals surface area contributed by atoms with Crippen LogP contribution < -0.4 is 0 Å². The van der Waals surface area contributed by atoms with Gasteiger partial charge in [-0.05, 0) is 63.9 Å². The average Bonchev–Trinajstić information content (AvgIpc) is 3.20. The van der Waals surface area contributed by atoms with Crippen LogP contribution in [-0.2, 0) is 11.8 Å². The van der Waals surface area contributed by atoms with E-state index < -0.39 is 0 Å². The minimum absolute atomic E-state index is 0.0315. The van der Waals surface area contributed by atoms with E-state index in [1.807, 2.05) is 30.9 Å². The van der Waals surface area contributed by atoms with Gasteiger partial charge in [0.05, 0.1) is 12.0 Å². The Morgan fingerprint density at radius 3 is 2.52 bits per heavy atom. The van der Waals surface area contributed by atoms with Gasteiger partial charge in [-0.2, -0.15) is 0 Å². The zero-order valence-corrected chi connectivity index (χ0v) is 20.0. The number of nitrogens with zero attached hydrogens (tertiary/aromatic N) is 2. The van der Waals surface area contributed by atoms with Gasteiger partial charge in [-0.3, -0.25) is 9.97 Å². The normalized spacial score (nSPS) is 12.2. The van der Waals surface area contributed by atoms with E-state index in [4.69, 9.17) is 9.40 Å². The lowest BCUT2D eigenvalue weighted by molar-refractivity contribution is 0.594. The summed E-state index contributed by atoms with van der Waals surface area (Å²) in [6.45, 7) is 11.2. The molecule has 5 aromatic rings. The van der Waals surface area contributed by atoms with Gasteiger partial charge in [0.2, 0.25) is 0 Å². The van der Waals surface area contributed by atoms with Crippen molar-refractivity contribution in [1.82, 2.24) is 9.97 Å². The largest absolute Gasteiger partial charge is 0.463 e. The maximum atomic E-state index is 6.04. The third kappa shape index (κ3) is 4.04. The lowest BCUT2D eigenvalue weighted by Gasteiger charge is -2.22. The Labute approximate surface area is 195 Å². The van der Waals surface area contributed by atoms with Crippen molar-refractivity contribution in [1.29, 1.82) is 0 Å². The third-order valence-corrected chi connectivity index (χ3v) is 6.23. The predicted molar refractivity (Wildman–Crippen MR) is 137 cm³/mol. The summed E-state index contributed by atoms with van der Waals surface area (Å²) in [5, 5.41) is 3.63. The van der Waals surface area contributed by atoms with Crippen LogP contribution in [0.15, 0.2) is 77.8 Å².